The fraction of sp³-hybridized carbons (Fsp3) is 0.778. The van der Waals surface area contributed by atoms with Crippen LogP contribution < -0.4 is 5.32 Å². The molecule has 2 heteroatoms. The number of aliphatic hydroxyl groups is 1. The fourth-order valence-electron chi connectivity index (χ4n) is 1.52. The lowest BCUT2D eigenvalue weighted by atomic mass is 10.0. The van der Waals surface area contributed by atoms with Crippen molar-refractivity contribution >= 4 is 0 Å². The van der Waals surface area contributed by atoms with Gasteiger partial charge in [0.05, 0.1) is 6.10 Å². The van der Waals surface area contributed by atoms with Crippen LogP contribution in [0.3, 0.4) is 0 Å². The summed E-state index contributed by atoms with van der Waals surface area (Å²) in [4.78, 5) is 0. The summed E-state index contributed by atoms with van der Waals surface area (Å²) in [6.45, 7) is 4.71. The molecule has 0 amide bonds. The lowest BCUT2D eigenvalue weighted by Crippen LogP contribution is -2.37. The molecule has 64 valence electrons. The van der Waals surface area contributed by atoms with E-state index in [0.29, 0.717) is 0 Å². The lowest BCUT2D eigenvalue weighted by Gasteiger charge is -2.19. The zero-order valence-electron chi connectivity index (χ0n) is 6.92. The molecule has 1 saturated heterocycles. The Labute approximate surface area is 68.3 Å². The van der Waals surface area contributed by atoms with E-state index in [1.54, 1.807) is 0 Å². The summed E-state index contributed by atoms with van der Waals surface area (Å²) in [6, 6.07) is 0.245. The van der Waals surface area contributed by atoms with Gasteiger partial charge in [-0.2, -0.15) is 0 Å². The summed E-state index contributed by atoms with van der Waals surface area (Å²) >= 11 is 0. The van der Waals surface area contributed by atoms with E-state index in [1.165, 1.54) is 6.42 Å². The van der Waals surface area contributed by atoms with Crippen LogP contribution in [-0.4, -0.2) is 23.8 Å². The zero-order valence-corrected chi connectivity index (χ0v) is 6.92. The summed E-state index contributed by atoms with van der Waals surface area (Å²) in [5, 5.41) is 12.9. The molecule has 0 radical (unpaired) electrons. The maximum atomic E-state index is 9.57. The van der Waals surface area contributed by atoms with Gasteiger partial charge in [0.2, 0.25) is 0 Å². The van der Waals surface area contributed by atoms with Gasteiger partial charge in [0, 0.05) is 6.04 Å². The first kappa shape index (κ1) is 8.75. The van der Waals surface area contributed by atoms with Crippen LogP contribution in [0.4, 0.5) is 0 Å². The predicted molar refractivity (Wildman–Crippen MR) is 46.5 cm³/mol. The van der Waals surface area contributed by atoms with Crippen LogP contribution in [-0.2, 0) is 0 Å². The smallest absolute Gasteiger partial charge is 0.0696 e. The van der Waals surface area contributed by atoms with Crippen LogP contribution in [0.1, 0.15) is 25.7 Å². The van der Waals surface area contributed by atoms with Gasteiger partial charge in [-0.05, 0) is 32.2 Å². The largest absolute Gasteiger partial charge is 0.391 e. The van der Waals surface area contributed by atoms with Gasteiger partial charge in [0.25, 0.3) is 0 Å². The Morgan fingerprint density at radius 3 is 3.09 bits per heavy atom. The van der Waals surface area contributed by atoms with Crippen molar-refractivity contribution in [3.8, 4) is 0 Å². The highest BCUT2D eigenvalue weighted by atomic mass is 16.3. The maximum absolute atomic E-state index is 9.57. The predicted octanol–water partition coefficient (Wildman–Crippen LogP) is 1.07. The van der Waals surface area contributed by atoms with Crippen LogP contribution in [0.15, 0.2) is 12.7 Å². The molecule has 1 heterocycles. The van der Waals surface area contributed by atoms with Crippen molar-refractivity contribution in [2.24, 2.45) is 0 Å². The number of hydrogen-bond donors (Lipinski definition) is 2. The third kappa shape index (κ3) is 2.64. The molecule has 2 nitrogen and oxygen atoms in total. The average Bonchev–Trinajstić information content (AvgIpc) is 2.18. The molecule has 0 bridgehead atoms. The molecule has 2 N–H and O–H groups in total. The summed E-state index contributed by atoms with van der Waals surface area (Å²) < 4.78 is 0. The van der Waals surface area contributed by atoms with Crippen molar-refractivity contribution in [3.63, 3.8) is 0 Å². The van der Waals surface area contributed by atoms with Crippen LogP contribution in [0.5, 0.6) is 0 Å². The average molecular weight is 155 g/mol. The minimum absolute atomic E-state index is 0.171. The van der Waals surface area contributed by atoms with Crippen molar-refractivity contribution in [2.45, 2.75) is 37.8 Å². The van der Waals surface area contributed by atoms with Crippen LogP contribution in [0, 0.1) is 0 Å². The van der Waals surface area contributed by atoms with Crippen molar-refractivity contribution < 1.29 is 5.11 Å². The van der Waals surface area contributed by atoms with E-state index < -0.39 is 0 Å². The molecule has 0 saturated carbocycles. The van der Waals surface area contributed by atoms with Gasteiger partial charge in [-0.25, -0.2) is 0 Å². The summed E-state index contributed by atoms with van der Waals surface area (Å²) in [6.07, 6.45) is 5.83. The Hall–Kier alpha value is -0.340. The molecule has 0 spiro atoms. The van der Waals surface area contributed by atoms with Gasteiger partial charge in [0.1, 0.15) is 0 Å². The van der Waals surface area contributed by atoms with Crippen LogP contribution >= 0.6 is 0 Å². The molecular weight excluding hydrogens is 138 g/mol. The van der Waals surface area contributed by atoms with Gasteiger partial charge in [-0.3, -0.25) is 0 Å². The molecule has 1 aliphatic heterocycles. The molecule has 2 atom stereocenters. The Morgan fingerprint density at radius 2 is 2.36 bits per heavy atom. The van der Waals surface area contributed by atoms with E-state index in [1.807, 2.05) is 6.08 Å². The molecule has 1 fully saturated rings. The Kier molecular flexibility index (Phi) is 3.60. The quantitative estimate of drug-likeness (QED) is 0.584. The Morgan fingerprint density at radius 1 is 1.55 bits per heavy atom. The summed E-state index contributed by atoms with van der Waals surface area (Å²) in [5.74, 6) is 0. The van der Waals surface area contributed by atoms with Crippen molar-refractivity contribution in [3.05, 3.63) is 12.7 Å². The second-order valence-corrected chi connectivity index (χ2v) is 3.15. The highest BCUT2D eigenvalue weighted by Crippen LogP contribution is 2.11. The van der Waals surface area contributed by atoms with Gasteiger partial charge < -0.3 is 10.4 Å². The highest BCUT2D eigenvalue weighted by Gasteiger charge is 2.18. The van der Waals surface area contributed by atoms with Gasteiger partial charge in [-0.1, -0.05) is 6.08 Å². The molecule has 0 aromatic carbocycles. The van der Waals surface area contributed by atoms with E-state index >= 15 is 0 Å². The third-order valence-corrected chi connectivity index (χ3v) is 2.22. The molecular formula is C9H17NO. The third-order valence-electron chi connectivity index (χ3n) is 2.22. The molecule has 0 aliphatic carbocycles. The van der Waals surface area contributed by atoms with Gasteiger partial charge >= 0.3 is 0 Å². The SMILES string of the molecule is C=CCC1NCCCCC1O. The minimum Gasteiger partial charge on any atom is -0.391 e. The van der Waals surface area contributed by atoms with Gasteiger partial charge in [-0.15, -0.1) is 6.58 Å². The maximum Gasteiger partial charge on any atom is 0.0696 e. The molecule has 0 aromatic heterocycles. The van der Waals surface area contributed by atoms with Crippen molar-refractivity contribution in [1.82, 2.24) is 5.32 Å². The van der Waals surface area contributed by atoms with Gasteiger partial charge in [0.15, 0.2) is 0 Å². The standard InChI is InChI=1S/C9H17NO/c1-2-5-8-9(11)6-3-4-7-10-8/h2,8-11H,1,3-7H2. The first-order valence-corrected chi connectivity index (χ1v) is 4.37. The fourth-order valence-corrected chi connectivity index (χ4v) is 1.52. The van der Waals surface area contributed by atoms with Crippen LogP contribution in [0.25, 0.3) is 0 Å². The molecule has 1 aliphatic rings. The van der Waals surface area contributed by atoms with E-state index in [2.05, 4.69) is 11.9 Å². The minimum atomic E-state index is -0.171. The molecule has 2 unspecified atom stereocenters. The van der Waals surface area contributed by atoms with E-state index in [9.17, 15) is 5.11 Å². The summed E-state index contributed by atoms with van der Waals surface area (Å²) in [5.41, 5.74) is 0. The van der Waals surface area contributed by atoms with Crippen LogP contribution in [0.2, 0.25) is 0 Å². The van der Waals surface area contributed by atoms with Crippen molar-refractivity contribution in [2.75, 3.05) is 6.54 Å². The second kappa shape index (κ2) is 4.52. The highest BCUT2D eigenvalue weighted by molar-refractivity contribution is 4.85. The summed E-state index contributed by atoms with van der Waals surface area (Å²) in [7, 11) is 0. The van der Waals surface area contributed by atoms with Crippen molar-refractivity contribution in [1.29, 1.82) is 0 Å². The lowest BCUT2D eigenvalue weighted by molar-refractivity contribution is 0.127. The first-order chi connectivity index (χ1) is 5.34. The number of hydrogen-bond acceptors (Lipinski definition) is 2. The van der Waals surface area contributed by atoms with E-state index in [0.717, 1.165) is 25.8 Å². The zero-order chi connectivity index (χ0) is 8.10. The monoisotopic (exact) mass is 155 g/mol. The number of aliphatic hydroxyl groups excluding tert-OH is 1. The topological polar surface area (TPSA) is 32.3 Å². The number of nitrogens with one attached hydrogen (secondary N) is 1. The van der Waals surface area contributed by atoms with E-state index in [-0.39, 0.29) is 12.1 Å². The number of rotatable bonds is 2. The first-order valence-electron chi connectivity index (χ1n) is 4.37. The Balaban J connectivity index is 2.38. The van der Waals surface area contributed by atoms with E-state index in [4.69, 9.17) is 0 Å². The molecule has 11 heavy (non-hydrogen) atoms. The second-order valence-electron chi connectivity index (χ2n) is 3.15. The Bertz CT molecular complexity index is 125. The normalized spacial score (nSPS) is 32.8. The molecule has 0 aromatic rings. The molecule has 1 rings (SSSR count).